The Morgan fingerprint density at radius 3 is 0.847 bits per heavy atom. The van der Waals surface area contributed by atoms with Crippen LogP contribution in [0, 0.1) is 0 Å². The summed E-state index contributed by atoms with van der Waals surface area (Å²) < 4.78 is 144. The predicted molar refractivity (Wildman–Crippen MR) is 251 cm³/mol. The summed E-state index contributed by atoms with van der Waals surface area (Å²) in [7, 11) is 0. The molecular weight excluding hydrogens is 967 g/mol. The fourth-order valence-corrected chi connectivity index (χ4v) is 6.02. The Bertz CT molecular complexity index is 1970. The monoisotopic (exact) mass is 1030 g/mol. The summed E-state index contributed by atoms with van der Waals surface area (Å²) in [6, 6.07) is 22.1. The Kier molecular flexibility index (Phi) is 28.7. The van der Waals surface area contributed by atoms with Crippen molar-refractivity contribution in [3.05, 3.63) is 119 Å². The Balaban J connectivity index is 0.823. The summed E-state index contributed by atoms with van der Waals surface area (Å²) in [6.45, 7) is 6.95. The van der Waals surface area contributed by atoms with Gasteiger partial charge in [0.2, 0.25) is 0 Å². The number of halogens is 6. The predicted octanol–water partition coefficient (Wildman–Crippen LogP) is 8.39. The van der Waals surface area contributed by atoms with E-state index in [1.54, 1.807) is 36.4 Å². The van der Waals surface area contributed by atoms with Gasteiger partial charge in [0.05, 0.1) is 166 Å². The van der Waals surface area contributed by atoms with Gasteiger partial charge in [0.15, 0.2) is 0 Å². The number of benzene rings is 4. The Hall–Kier alpha value is -5.40. The lowest BCUT2D eigenvalue weighted by Crippen LogP contribution is -2.16. The van der Waals surface area contributed by atoms with Crippen molar-refractivity contribution in [1.29, 1.82) is 0 Å². The van der Waals surface area contributed by atoms with E-state index in [9.17, 15) is 35.9 Å². The minimum absolute atomic E-state index is 0.0217. The highest BCUT2D eigenvalue weighted by Gasteiger charge is 2.31. The average molecular weight is 1030 g/mol. The zero-order valence-electron chi connectivity index (χ0n) is 39.8. The van der Waals surface area contributed by atoms with E-state index in [-0.39, 0.29) is 62.1 Å². The molecule has 22 heteroatoms. The molecule has 0 saturated carbocycles. The van der Waals surface area contributed by atoms with E-state index in [0.29, 0.717) is 117 Å². The number of carbonyl (C=O) groups excluding carboxylic acids is 2. The smallest absolute Gasteiger partial charge is 0.416 e. The molecule has 4 aromatic carbocycles. The van der Waals surface area contributed by atoms with E-state index in [1.165, 1.54) is 36.4 Å². The maximum Gasteiger partial charge on any atom is 0.416 e. The van der Waals surface area contributed by atoms with Crippen LogP contribution in [-0.4, -0.2) is 157 Å². The van der Waals surface area contributed by atoms with Crippen molar-refractivity contribution in [2.75, 3.05) is 156 Å². The third-order valence-electron chi connectivity index (χ3n) is 9.50. The number of rotatable bonds is 39. The minimum atomic E-state index is -4.49. The molecular formula is C50H62F6N2O14. The van der Waals surface area contributed by atoms with Crippen LogP contribution in [0.4, 0.5) is 49.1 Å². The lowest BCUT2D eigenvalue weighted by Gasteiger charge is -2.13. The largest absolute Gasteiger partial charge is 0.460 e. The zero-order valence-corrected chi connectivity index (χ0v) is 39.8. The van der Waals surface area contributed by atoms with Crippen LogP contribution >= 0.6 is 0 Å². The van der Waals surface area contributed by atoms with E-state index in [2.05, 4.69) is 10.6 Å². The van der Waals surface area contributed by atoms with Crippen LogP contribution < -0.4 is 10.6 Å². The van der Waals surface area contributed by atoms with Gasteiger partial charge in [-0.25, -0.2) is 9.59 Å². The second-order valence-corrected chi connectivity index (χ2v) is 14.9. The topological polar surface area (TPSA) is 169 Å². The van der Waals surface area contributed by atoms with Crippen molar-refractivity contribution in [3.63, 3.8) is 0 Å². The van der Waals surface area contributed by atoms with E-state index >= 15 is 0 Å². The number of esters is 2. The molecule has 0 aliphatic rings. The summed E-state index contributed by atoms with van der Waals surface area (Å²) in [5, 5.41) is 5.70. The molecule has 0 spiro atoms. The Morgan fingerprint density at radius 1 is 0.333 bits per heavy atom. The molecule has 72 heavy (non-hydrogen) atoms. The fraction of sp³-hybridized carbons (Fsp3) is 0.480. The quantitative estimate of drug-likeness (QED) is 0.0248. The fourth-order valence-electron chi connectivity index (χ4n) is 6.02. The molecule has 2 N–H and O–H groups in total. The van der Waals surface area contributed by atoms with Gasteiger partial charge in [-0.3, -0.25) is 0 Å². The number of carbonyl (C=O) groups is 2. The molecule has 0 aliphatic carbocycles. The molecule has 0 aromatic heterocycles. The number of ether oxygens (including phenoxy) is 12. The summed E-state index contributed by atoms with van der Waals surface area (Å²) in [5.74, 6) is -1.29. The molecule has 0 heterocycles. The van der Waals surface area contributed by atoms with Gasteiger partial charge in [0, 0.05) is 11.4 Å². The Labute approximate surface area is 414 Å². The van der Waals surface area contributed by atoms with Gasteiger partial charge in [0.1, 0.15) is 13.2 Å². The zero-order chi connectivity index (χ0) is 51.5. The van der Waals surface area contributed by atoms with Gasteiger partial charge >= 0.3 is 24.3 Å². The SMILES string of the molecule is O=C(OCCOCCOCCOCCOCCOCCOCCOCCOCCOCCOCCOC(=O)c1ccccc1Nc1cccc(C(F)(F)F)c1)c1ccccc1Nc1cccc(C(F)(F)F)c1. The van der Waals surface area contributed by atoms with Crippen LogP contribution in [0.2, 0.25) is 0 Å². The van der Waals surface area contributed by atoms with Crippen LogP contribution in [0.25, 0.3) is 0 Å². The third kappa shape index (κ3) is 25.3. The van der Waals surface area contributed by atoms with Crippen molar-refractivity contribution < 1.29 is 92.8 Å². The standard InChI is InChI=1S/C50H62F6N2O14/c51-49(52,53)39-7-5-9-41(37-39)57-45-13-3-1-11-43(45)47(59)71-35-33-69-31-29-67-27-25-65-23-21-63-19-17-61-15-16-62-18-20-64-22-24-66-26-28-68-30-32-70-34-36-72-48(60)44-12-2-4-14-46(44)58-42-10-6-8-40(38-42)50(54,55)56/h1-14,37-38,57-58H,15-36H2. The van der Waals surface area contributed by atoms with E-state index < -0.39 is 35.4 Å². The van der Waals surface area contributed by atoms with Gasteiger partial charge in [-0.1, -0.05) is 36.4 Å². The molecule has 0 radical (unpaired) electrons. The second-order valence-electron chi connectivity index (χ2n) is 14.9. The highest BCUT2D eigenvalue weighted by molar-refractivity contribution is 5.97. The molecule has 0 amide bonds. The van der Waals surface area contributed by atoms with Crippen LogP contribution in [0.5, 0.6) is 0 Å². The third-order valence-corrected chi connectivity index (χ3v) is 9.50. The summed E-state index contributed by atoms with van der Waals surface area (Å²) in [4.78, 5) is 25.3. The number of nitrogens with one attached hydrogen (secondary N) is 2. The average Bonchev–Trinajstić information content (AvgIpc) is 3.36. The normalized spacial score (nSPS) is 11.7. The first-order chi connectivity index (χ1) is 34.9. The second kappa shape index (κ2) is 34.9. The molecule has 16 nitrogen and oxygen atoms in total. The molecule has 398 valence electrons. The highest BCUT2D eigenvalue weighted by atomic mass is 19.4. The van der Waals surface area contributed by atoms with Gasteiger partial charge in [-0.2, -0.15) is 26.3 Å². The minimum Gasteiger partial charge on any atom is -0.460 e. The maximum atomic E-state index is 13.1. The van der Waals surface area contributed by atoms with Crippen molar-refractivity contribution in [2.24, 2.45) is 0 Å². The number of hydrogen-bond donors (Lipinski definition) is 2. The van der Waals surface area contributed by atoms with Crippen LogP contribution in [0.3, 0.4) is 0 Å². The highest BCUT2D eigenvalue weighted by Crippen LogP contribution is 2.33. The molecule has 0 aliphatic heterocycles. The first kappa shape index (κ1) is 59.2. The molecule has 0 atom stereocenters. The molecule has 0 saturated heterocycles. The summed E-state index contributed by atoms with van der Waals surface area (Å²) in [5.41, 5.74) is -0.294. The molecule has 0 unspecified atom stereocenters. The first-order valence-electron chi connectivity index (χ1n) is 23.1. The van der Waals surface area contributed by atoms with Crippen molar-refractivity contribution in [3.8, 4) is 0 Å². The number of hydrogen-bond acceptors (Lipinski definition) is 16. The number of alkyl halides is 6. The van der Waals surface area contributed by atoms with E-state index in [4.69, 9.17) is 56.8 Å². The van der Waals surface area contributed by atoms with Crippen molar-refractivity contribution >= 4 is 34.7 Å². The van der Waals surface area contributed by atoms with Crippen LogP contribution in [-0.2, 0) is 69.2 Å². The molecule has 0 fully saturated rings. The van der Waals surface area contributed by atoms with Crippen LogP contribution in [0.1, 0.15) is 31.8 Å². The van der Waals surface area contributed by atoms with E-state index in [1.807, 2.05) is 0 Å². The lowest BCUT2D eigenvalue weighted by atomic mass is 10.1. The summed E-state index contributed by atoms with van der Waals surface area (Å²) in [6.07, 6.45) is -8.99. The molecule has 4 aromatic rings. The lowest BCUT2D eigenvalue weighted by molar-refractivity contribution is -0.138. The van der Waals surface area contributed by atoms with E-state index in [0.717, 1.165) is 24.3 Å². The van der Waals surface area contributed by atoms with Gasteiger partial charge < -0.3 is 67.5 Å². The first-order valence-corrected chi connectivity index (χ1v) is 23.1. The summed E-state index contributed by atoms with van der Waals surface area (Å²) >= 11 is 0. The van der Waals surface area contributed by atoms with Crippen molar-refractivity contribution in [1.82, 2.24) is 0 Å². The van der Waals surface area contributed by atoms with Gasteiger partial charge in [0.25, 0.3) is 0 Å². The number of para-hydroxylation sites is 2. The molecule has 0 bridgehead atoms. The Morgan fingerprint density at radius 2 is 0.583 bits per heavy atom. The van der Waals surface area contributed by atoms with Crippen molar-refractivity contribution in [2.45, 2.75) is 12.4 Å². The number of anilines is 4. The molecule has 4 rings (SSSR count). The van der Waals surface area contributed by atoms with Gasteiger partial charge in [-0.05, 0) is 60.7 Å². The van der Waals surface area contributed by atoms with Crippen LogP contribution in [0.15, 0.2) is 97.1 Å². The maximum absolute atomic E-state index is 13.1. The van der Waals surface area contributed by atoms with Gasteiger partial charge in [-0.15, -0.1) is 0 Å².